The van der Waals surface area contributed by atoms with Crippen LogP contribution in [0.3, 0.4) is 0 Å². The van der Waals surface area contributed by atoms with Crippen molar-refractivity contribution >= 4 is 17.5 Å². The molecule has 5 nitrogen and oxygen atoms in total. The molecule has 2 aromatic rings. The van der Waals surface area contributed by atoms with Gasteiger partial charge in [-0.25, -0.2) is 0 Å². The Morgan fingerprint density at radius 2 is 2.08 bits per heavy atom. The summed E-state index contributed by atoms with van der Waals surface area (Å²) in [5.74, 6) is 0.241. The summed E-state index contributed by atoms with van der Waals surface area (Å²) < 4.78 is 7.40. The highest BCUT2D eigenvalue weighted by Gasteiger charge is 2.29. The summed E-state index contributed by atoms with van der Waals surface area (Å²) >= 11 is 5.96. The first-order valence-electron chi connectivity index (χ1n) is 8.40. The number of ether oxygens (including phenoxy) is 1. The molecule has 1 aromatic heterocycles. The lowest BCUT2D eigenvalue weighted by molar-refractivity contribution is -0.136. The predicted molar refractivity (Wildman–Crippen MR) is 91.6 cm³/mol. The summed E-state index contributed by atoms with van der Waals surface area (Å²) in [4.78, 5) is 14.6. The van der Waals surface area contributed by atoms with Crippen LogP contribution in [0.1, 0.15) is 18.5 Å². The zero-order valence-corrected chi connectivity index (χ0v) is 14.2. The average Bonchev–Trinajstić information content (AvgIpc) is 3.21. The number of hydrogen-bond acceptors (Lipinski definition) is 3. The molecule has 24 heavy (non-hydrogen) atoms. The normalized spacial score (nSPS) is 20.7. The smallest absolute Gasteiger partial charge is 0.228 e. The maximum atomic E-state index is 12.7. The molecule has 1 unspecified atom stereocenters. The van der Waals surface area contributed by atoms with E-state index in [0.717, 1.165) is 47.9 Å². The summed E-state index contributed by atoms with van der Waals surface area (Å²) in [7, 11) is 0. The Morgan fingerprint density at radius 3 is 2.83 bits per heavy atom. The van der Waals surface area contributed by atoms with Gasteiger partial charge in [0.25, 0.3) is 0 Å². The summed E-state index contributed by atoms with van der Waals surface area (Å²) in [5.41, 5.74) is 3.06. The van der Waals surface area contributed by atoms with Crippen LogP contribution < -0.4 is 0 Å². The summed E-state index contributed by atoms with van der Waals surface area (Å²) in [6.07, 6.45) is 1.76. The van der Waals surface area contributed by atoms with Crippen LogP contribution in [0, 0.1) is 5.92 Å². The Bertz CT molecular complexity index is 735. The number of nitrogens with zero attached hydrogens (tertiary/aromatic N) is 3. The first-order valence-corrected chi connectivity index (χ1v) is 8.78. The van der Waals surface area contributed by atoms with Crippen LogP contribution in [0.25, 0.3) is 11.3 Å². The van der Waals surface area contributed by atoms with Crippen molar-refractivity contribution in [2.45, 2.75) is 25.9 Å². The number of aryl methyl sites for hydroxylation is 1. The first-order chi connectivity index (χ1) is 11.7. The molecule has 0 saturated carbocycles. The van der Waals surface area contributed by atoms with Gasteiger partial charge in [0, 0.05) is 30.3 Å². The van der Waals surface area contributed by atoms with Crippen molar-refractivity contribution < 1.29 is 9.53 Å². The molecule has 4 rings (SSSR count). The number of rotatable bonds is 2. The Labute approximate surface area is 146 Å². The Kier molecular flexibility index (Phi) is 4.29. The zero-order chi connectivity index (χ0) is 16.5. The third kappa shape index (κ3) is 3.06. The van der Waals surface area contributed by atoms with Crippen LogP contribution in [-0.4, -0.2) is 40.3 Å². The van der Waals surface area contributed by atoms with E-state index in [1.807, 2.05) is 33.8 Å². The number of carbonyl (C=O) groups excluding carboxylic acids is 1. The van der Waals surface area contributed by atoms with E-state index in [1.165, 1.54) is 0 Å². The van der Waals surface area contributed by atoms with Crippen molar-refractivity contribution in [2.24, 2.45) is 5.92 Å². The molecule has 1 fully saturated rings. The minimum atomic E-state index is 0.0233. The standard InChI is InChI=1S/C18H20ClN3O2/c19-15-4-2-13(3-5-15)17-10-16-11-21(7-1-8-22(16)20-17)18(23)14-6-9-24-12-14/h2-5,10,14H,1,6-9,11-12H2. The molecular weight excluding hydrogens is 326 g/mol. The molecule has 0 spiro atoms. The van der Waals surface area contributed by atoms with E-state index in [-0.39, 0.29) is 11.8 Å². The molecule has 1 atom stereocenters. The van der Waals surface area contributed by atoms with Gasteiger partial charge in [-0.1, -0.05) is 23.7 Å². The fraction of sp³-hybridized carbons (Fsp3) is 0.444. The molecule has 6 heteroatoms. The van der Waals surface area contributed by atoms with E-state index >= 15 is 0 Å². The second-order valence-electron chi connectivity index (χ2n) is 6.42. The number of halogens is 1. The van der Waals surface area contributed by atoms with Gasteiger partial charge in [-0.05, 0) is 31.0 Å². The SMILES string of the molecule is O=C(C1CCOC1)N1CCCn2nc(-c3ccc(Cl)cc3)cc2C1. The van der Waals surface area contributed by atoms with Gasteiger partial charge in [0.05, 0.1) is 30.5 Å². The van der Waals surface area contributed by atoms with Gasteiger partial charge in [-0.15, -0.1) is 0 Å². The van der Waals surface area contributed by atoms with Crippen LogP contribution in [0.2, 0.25) is 5.02 Å². The fourth-order valence-corrected chi connectivity index (χ4v) is 3.53. The molecular formula is C18H20ClN3O2. The average molecular weight is 346 g/mol. The van der Waals surface area contributed by atoms with Gasteiger partial charge in [-0.2, -0.15) is 5.10 Å². The molecule has 0 aliphatic carbocycles. The highest BCUT2D eigenvalue weighted by molar-refractivity contribution is 6.30. The minimum Gasteiger partial charge on any atom is -0.381 e. The Balaban J connectivity index is 1.56. The van der Waals surface area contributed by atoms with Gasteiger partial charge < -0.3 is 9.64 Å². The molecule has 126 valence electrons. The quantitative estimate of drug-likeness (QED) is 0.840. The van der Waals surface area contributed by atoms with Crippen molar-refractivity contribution in [2.75, 3.05) is 19.8 Å². The van der Waals surface area contributed by atoms with Gasteiger partial charge in [-0.3, -0.25) is 9.48 Å². The second kappa shape index (κ2) is 6.57. The molecule has 0 bridgehead atoms. The van der Waals surface area contributed by atoms with Gasteiger partial charge >= 0.3 is 0 Å². The first kappa shape index (κ1) is 15.7. The molecule has 1 saturated heterocycles. The summed E-state index contributed by atoms with van der Waals surface area (Å²) in [6.45, 7) is 3.51. The van der Waals surface area contributed by atoms with Crippen molar-refractivity contribution in [1.82, 2.24) is 14.7 Å². The van der Waals surface area contributed by atoms with E-state index in [0.29, 0.717) is 19.8 Å². The maximum Gasteiger partial charge on any atom is 0.228 e. The van der Waals surface area contributed by atoms with Crippen LogP contribution in [0.5, 0.6) is 0 Å². The number of fused-ring (bicyclic) bond motifs is 1. The highest BCUT2D eigenvalue weighted by atomic mass is 35.5. The monoisotopic (exact) mass is 345 g/mol. The van der Waals surface area contributed by atoms with Gasteiger partial charge in [0.2, 0.25) is 5.91 Å². The molecule has 2 aliphatic rings. The lowest BCUT2D eigenvalue weighted by Crippen LogP contribution is -2.36. The van der Waals surface area contributed by atoms with Crippen LogP contribution in [0.4, 0.5) is 0 Å². The second-order valence-corrected chi connectivity index (χ2v) is 6.86. The van der Waals surface area contributed by atoms with Crippen LogP contribution in [-0.2, 0) is 22.6 Å². The fourth-order valence-electron chi connectivity index (χ4n) is 3.40. The summed E-state index contributed by atoms with van der Waals surface area (Å²) in [6, 6.07) is 9.78. The highest BCUT2D eigenvalue weighted by Crippen LogP contribution is 2.25. The van der Waals surface area contributed by atoms with Crippen LogP contribution in [0.15, 0.2) is 30.3 Å². The molecule has 1 aromatic carbocycles. The molecule has 3 heterocycles. The van der Waals surface area contributed by atoms with Crippen LogP contribution >= 0.6 is 11.6 Å². The maximum absolute atomic E-state index is 12.7. The number of carbonyl (C=O) groups is 1. The van der Waals surface area contributed by atoms with Gasteiger partial charge in [0.1, 0.15) is 0 Å². The van der Waals surface area contributed by atoms with E-state index in [1.54, 1.807) is 0 Å². The molecule has 0 N–H and O–H groups in total. The molecule has 2 aliphatic heterocycles. The van der Waals surface area contributed by atoms with E-state index in [2.05, 4.69) is 6.07 Å². The zero-order valence-electron chi connectivity index (χ0n) is 13.4. The molecule has 0 radical (unpaired) electrons. The largest absolute Gasteiger partial charge is 0.381 e. The van der Waals surface area contributed by atoms with E-state index in [9.17, 15) is 4.79 Å². The van der Waals surface area contributed by atoms with Gasteiger partial charge in [0.15, 0.2) is 0 Å². The third-order valence-electron chi connectivity index (χ3n) is 4.74. The van der Waals surface area contributed by atoms with E-state index in [4.69, 9.17) is 21.4 Å². The topological polar surface area (TPSA) is 47.4 Å². The minimum absolute atomic E-state index is 0.0233. The number of amides is 1. The number of hydrogen-bond donors (Lipinski definition) is 0. The Morgan fingerprint density at radius 1 is 1.25 bits per heavy atom. The summed E-state index contributed by atoms with van der Waals surface area (Å²) in [5, 5.41) is 5.43. The lowest BCUT2D eigenvalue weighted by atomic mass is 10.1. The third-order valence-corrected chi connectivity index (χ3v) is 5.00. The predicted octanol–water partition coefficient (Wildman–Crippen LogP) is 2.97. The Hall–Kier alpha value is -1.85. The van der Waals surface area contributed by atoms with Crippen molar-refractivity contribution in [3.05, 3.63) is 41.0 Å². The van der Waals surface area contributed by atoms with Crippen molar-refractivity contribution in [1.29, 1.82) is 0 Å². The lowest BCUT2D eigenvalue weighted by Gasteiger charge is -2.22. The number of aromatic nitrogens is 2. The van der Waals surface area contributed by atoms with Crippen molar-refractivity contribution in [3.63, 3.8) is 0 Å². The van der Waals surface area contributed by atoms with E-state index < -0.39 is 0 Å². The molecule has 1 amide bonds. The van der Waals surface area contributed by atoms with Crippen molar-refractivity contribution in [3.8, 4) is 11.3 Å². The number of benzene rings is 1.